The molecule has 2 aromatic rings. The van der Waals surface area contributed by atoms with Crippen molar-refractivity contribution in [2.75, 3.05) is 18.5 Å². The van der Waals surface area contributed by atoms with E-state index >= 15 is 0 Å². The van der Waals surface area contributed by atoms with Crippen molar-refractivity contribution in [3.8, 4) is 5.88 Å². The number of anilines is 1. The highest BCUT2D eigenvalue weighted by atomic mass is 16.5. The van der Waals surface area contributed by atoms with Gasteiger partial charge in [0.25, 0.3) is 11.8 Å². The first-order valence-corrected chi connectivity index (χ1v) is 7.87. The summed E-state index contributed by atoms with van der Waals surface area (Å²) in [5.74, 6) is 0.0390. The van der Waals surface area contributed by atoms with Gasteiger partial charge in [-0.25, -0.2) is 4.98 Å². The minimum absolute atomic E-state index is 0.141. The van der Waals surface area contributed by atoms with Gasteiger partial charge >= 0.3 is 0 Å². The minimum atomic E-state index is -0.226. The van der Waals surface area contributed by atoms with Crippen LogP contribution in [0.2, 0.25) is 0 Å². The molecule has 1 unspecified atom stereocenters. The molecule has 25 heavy (non-hydrogen) atoms. The van der Waals surface area contributed by atoms with Crippen LogP contribution in [-0.4, -0.2) is 41.5 Å². The molecule has 0 saturated carbocycles. The zero-order chi connectivity index (χ0) is 17.8. The highest BCUT2D eigenvalue weighted by Crippen LogP contribution is 2.30. The van der Waals surface area contributed by atoms with E-state index in [0.29, 0.717) is 29.2 Å². The third-order valence-corrected chi connectivity index (χ3v) is 3.73. The number of aromatic nitrogens is 2. The third-order valence-electron chi connectivity index (χ3n) is 3.73. The molecule has 0 spiro atoms. The Bertz CT molecular complexity index is 835. The lowest BCUT2D eigenvalue weighted by Gasteiger charge is -2.31. The Hall–Kier alpha value is -3.22. The van der Waals surface area contributed by atoms with Crippen LogP contribution in [0, 0.1) is 0 Å². The fourth-order valence-corrected chi connectivity index (χ4v) is 2.55. The number of ether oxygens (including phenoxy) is 1. The molecule has 0 bridgehead atoms. The maximum absolute atomic E-state index is 12.6. The molecule has 1 aliphatic rings. The lowest BCUT2D eigenvalue weighted by molar-refractivity contribution is -0.114. The van der Waals surface area contributed by atoms with Gasteiger partial charge in [-0.3, -0.25) is 14.6 Å². The minimum Gasteiger partial charge on any atom is -0.471 e. The van der Waals surface area contributed by atoms with E-state index < -0.39 is 0 Å². The molecule has 1 N–H and O–H groups in total. The predicted octanol–water partition coefficient (Wildman–Crippen LogP) is 1.66. The number of nitrogens with zero attached hydrogens (tertiary/aromatic N) is 3. The summed E-state index contributed by atoms with van der Waals surface area (Å²) in [6.45, 7) is 2.33. The average molecular weight is 338 g/mol. The molecule has 1 aliphatic heterocycles. The van der Waals surface area contributed by atoms with Gasteiger partial charge in [0.1, 0.15) is 11.8 Å². The predicted molar refractivity (Wildman–Crippen MR) is 93.3 cm³/mol. The van der Waals surface area contributed by atoms with Crippen LogP contribution in [0.4, 0.5) is 5.69 Å². The highest BCUT2D eigenvalue weighted by Gasteiger charge is 2.27. The number of hydrogen-bond acceptors (Lipinski definition) is 5. The largest absolute Gasteiger partial charge is 0.471 e. The van der Waals surface area contributed by atoms with E-state index in [4.69, 9.17) is 4.74 Å². The van der Waals surface area contributed by atoms with Crippen LogP contribution < -0.4 is 15.0 Å². The summed E-state index contributed by atoms with van der Waals surface area (Å²) in [5, 5.41) is 2.54. The SMILES string of the molecule is CNC(=O)c1cncc(/C=C/C(=O)N2CC(C)Oc3ncccc32)c1. The molecule has 0 radical (unpaired) electrons. The van der Waals surface area contributed by atoms with E-state index in [-0.39, 0.29) is 17.9 Å². The summed E-state index contributed by atoms with van der Waals surface area (Å²) in [7, 11) is 1.56. The fraction of sp³-hybridized carbons (Fsp3) is 0.222. The number of pyridine rings is 2. The van der Waals surface area contributed by atoms with Gasteiger partial charge in [0, 0.05) is 31.7 Å². The summed E-state index contributed by atoms with van der Waals surface area (Å²) < 4.78 is 5.65. The van der Waals surface area contributed by atoms with Crippen molar-refractivity contribution < 1.29 is 14.3 Å². The Morgan fingerprint density at radius 3 is 3.04 bits per heavy atom. The first-order chi connectivity index (χ1) is 12.1. The van der Waals surface area contributed by atoms with Crippen LogP contribution in [0.25, 0.3) is 6.08 Å². The van der Waals surface area contributed by atoms with E-state index in [1.165, 1.54) is 12.3 Å². The standard InChI is InChI=1S/C18H18N4O3/c1-12-11-22(15-4-3-7-21-18(15)25-12)16(23)6-5-13-8-14(10-20-9-13)17(24)19-2/h3-10,12H,11H2,1-2H3,(H,19,24)/b6-5+. The normalized spacial score (nSPS) is 16.2. The molecule has 7 nitrogen and oxygen atoms in total. The summed E-state index contributed by atoms with van der Waals surface area (Å²) in [6.07, 6.45) is 7.65. The molecule has 3 heterocycles. The molecule has 0 aliphatic carbocycles. The van der Waals surface area contributed by atoms with Gasteiger partial charge in [-0.1, -0.05) is 0 Å². The zero-order valence-electron chi connectivity index (χ0n) is 14.0. The number of carbonyl (C=O) groups excluding carboxylic acids is 2. The number of fused-ring (bicyclic) bond motifs is 1. The molecule has 0 saturated heterocycles. The lowest BCUT2D eigenvalue weighted by atomic mass is 10.1. The van der Waals surface area contributed by atoms with Crippen LogP contribution in [-0.2, 0) is 4.79 Å². The van der Waals surface area contributed by atoms with Gasteiger partial charge in [-0.15, -0.1) is 0 Å². The molecule has 7 heteroatoms. The average Bonchev–Trinajstić information content (AvgIpc) is 2.65. The second-order valence-electron chi connectivity index (χ2n) is 5.62. The Balaban J connectivity index is 1.81. The number of hydrogen-bond donors (Lipinski definition) is 1. The van der Waals surface area contributed by atoms with Crippen LogP contribution in [0.3, 0.4) is 0 Å². The smallest absolute Gasteiger partial charge is 0.252 e. The first kappa shape index (κ1) is 16.6. The third kappa shape index (κ3) is 3.65. The van der Waals surface area contributed by atoms with Crippen molar-refractivity contribution >= 4 is 23.6 Å². The molecule has 3 rings (SSSR count). The second-order valence-corrected chi connectivity index (χ2v) is 5.62. The van der Waals surface area contributed by atoms with E-state index in [9.17, 15) is 9.59 Å². The molecular weight excluding hydrogens is 320 g/mol. The Morgan fingerprint density at radius 1 is 1.40 bits per heavy atom. The summed E-state index contributed by atoms with van der Waals surface area (Å²) >= 11 is 0. The van der Waals surface area contributed by atoms with E-state index in [1.807, 2.05) is 6.92 Å². The van der Waals surface area contributed by atoms with Gasteiger partial charge in [0.2, 0.25) is 5.88 Å². The quantitative estimate of drug-likeness (QED) is 0.861. The van der Waals surface area contributed by atoms with Crippen LogP contribution in [0.1, 0.15) is 22.8 Å². The Labute approximate surface area is 145 Å². The monoisotopic (exact) mass is 338 g/mol. The Morgan fingerprint density at radius 2 is 2.24 bits per heavy atom. The van der Waals surface area contributed by atoms with E-state index in [1.54, 1.807) is 48.6 Å². The van der Waals surface area contributed by atoms with Crippen LogP contribution in [0.5, 0.6) is 5.88 Å². The lowest BCUT2D eigenvalue weighted by Crippen LogP contribution is -2.41. The van der Waals surface area contributed by atoms with Gasteiger partial charge in [0.15, 0.2) is 0 Å². The van der Waals surface area contributed by atoms with E-state index in [2.05, 4.69) is 15.3 Å². The fourth-order valence-electron chi connectivity index (χ4n) is 2.55. The van der Waals surface area contributed by atoms with Crippen molar-refractivity contribution in [3.63, 3.8) is 0 Å². The Kier molecular flexibility index (Phi) is 4.74. The molecule has 128 valence electrons. The molecule has 0 fully saturated rings. The number of carbonyl (C=O) groups is 2. The number of amides is 2. The van der Waals surface area contributed by atoms with Crippen LogP contribution >= 0.6 is 0 Å². The molecule has 2 amide bonds. The van der Waals surface area contributed by atoms with Crippen molar-refractivity contribution in [2.45, 2.75) is 13.0 Å². The van der Waals surface area contributed by atoms with Gasteiger partial charge in [-0.05, 0) is 36.8 Å². The number of rotatable bonds is 3. The molecular formula is C18H18N4O3. The second kappa shape index (κ2) is 7.12. The summed E-state index contributed by atoms with van der Waals surface area (Å²) in [6, 6.07) is 5.24. The molecule has 0 aromatic carbocycles. The zero-order valence-corrected chi connectivity index (χ0v) is 14.0. The van der Waals surface area contributed by atoms with E-state index in [0.717, 1.165) is 0 Å². The van der Waals surface area contributed by atoms with Gasteiger partial charge in [0.05, 0.1) is 12.1 Å². The first-order valence-electron chi connectivity index (χ1n) is 7.87. The highest BCUT2D eigenvalue weighted by molar-refractivity contribution is 6.05. The van der Waals surface area contributed by atoms with Gasteiger partial charge < -0.3 is 15.0 Å². The molecule has 2 aromatic heterocycles. The maximum atomic E-state index is 12.6. The summed E-state index contributed by atoms with van der Waals surface area (Å²) in [4.78, 5) is 34.1. The topological polar surface area (TPSA) is 84.4 Å². The van der Waals surface area contributed by atoms with Crippen molar-refractivity contribution in [1.82, 2.24) is 15.3 Å². The molecule has 1 atom stereocenters. The van der Waals surface area contributed by atoms with Crippen LogP contribution in [0.15, 0.2) is 42.9 Å². The van der Waals surface area contributed by atoms with Crippen molar-refractivity contribution in [2.24, 2.45) is 0 Å². The maximum Gasteiger partial charge on any atom is 0.252 e. The van der Waals surface area contributed by atoms with Crippen molar-refractivity contribution in [1.29, 1.82) is 0 Å². The van der Waals surface area contributed by atoms with Crippen molar-refractivity contribution in [3.05, 3.63) is 54.0 Å². The van der Waals surface area contributed by atoms with Gasteiger partial charge in [-0.2, -0.15) is 0 Å². The summed E-state index contributed by atoms with van der Waals surface area (Å²) in [5.41, 5.74) is 1.75. The number of nitrogens with one attached hydrogen (secondary N) is 1.